The highest BCUT2D eigenvalue weighted by molar-refractivity contribution is 7.19. The first kappa shape index (κ1) is 17.5. The van der Waals surface area contributed by atoms with Gasteiger partial charge in [-0.3, -0.25) is 9.59 Å². The fraction of sp³-hybridized carbons (Fsp3) is 0.571. The van der Waals surface area contributed by atoms with Crippen LogP contribution in [0.3, 0.4) is 0 Å². The molecule has 0 radical (unpaired) electrons. The van der Waals surface area contributed by atoms with E-state index in [1.807, 2.05) is 0 Å². The maximum absolute atomic E-state index is 12.0. The summed E-state index contributed by atoms with van der Waals surface area (Å²) in [7, 11) is 1.55. The topological polar surface area (TPSA) is 87.5 Å². The number of rotatable bonds is 8. The SMILES string of the molecule is CCN(CC)CCNc1sc(C(C)=O)c(N)c1C(=O)NC. The van der Waals surface area contributed by atoms with Crippen molar-refractivity contribution in [3.8, 4) is 0 Å². The number of amides is 1. The molecule has 0 bridgehead atoms. The van der Waals surface area contributed by atoms with Gasteiger partial charge in [-0.2, -0.15) is 0 Å². The van der Waals surface area contributed by atoms with Crippen molar-refractivity contribution in [1.82, 2.24) is 10.2 Å². The van der Waals surface area contributed by atoms with E-state index >= 15 is 0 Å². The Balaban J connectivity index is 2.92. The second-order valence-electron chi connectivity index (χ2n) is 4.64. The van der Waals surface area contributed by atoms with Crippen LogP contribution in [-0.4, -0.2) is 49.8 Å². The minimum absolute atomic E-state index is 0.126. The molecule has 1 heterocycles. The monoisotopic (exact) mass is 312 g/mol. The van der Waals surface area contributed by atoms with Gasteiger partial charge < -0.3 is 21.3 Å². The zero-order valence-electron chi connectivity index (χ0n) is 13.1. The minimum atomic E-state index is -0.276. The summed E-state index contributed by atoms with van der Waals surface area (Å²) in [5, 5.41) is 6.45. The van der Waals surface area contributed by atoms with Gasteiger partial charge in [-0.15, -0.1) is 11.3 Å². The van der Waals surface area contributed by atoms with Gasteiger partial charge in [-0.1, -0.05) is 13.8 Å². The Morgan fingerprint density at radius 2 is 1.90 bits per heavy atom. The molecule has 0 atom stereocenters. The van der Waals surface area contributed by atoms with Crippen molar-refractivity contribution >= 4 is 33.7 Å². The van der Waals surface area contributed by atoms with E-state index in [0.717, 1.165) is 19.6 Å². The molecule has 6 nitrogen and oxygen atoms in total. The maximum atomic E-state index is 12.0. The van der Waals surface area contributed by atoms with Gasteiger partial charge in [0, 0.05) is 27.1 Å². The summed E-state index contributed by atoms with van der Waals surface area (Å²) in [6.07, 6.45) is 0. The molecule has 0 spiro atoms. The lowest BCUT2D eigenvalue weighted by molar-refractivity contribution is 0.0965. The Hall–Kier alpha value is -1.60. The smallest absolute Gasteiger partial charge is 0.256 e. The maximum Gasteiger partial charge on any atom is 0.256 e. The van der Waals surface area contributed by atoms with Crippen LogP contribution in [-0.2, 0) is 0 Å². The molecular weight excluding hydrogens is 288 g/mol. The number of nitrogen functional groups attached to an aromatic ring is 1. The molecule has 118 valence electrons. The van der Waals surface area contributed by atoms with Crippen molar-refractivity contribution in [3.63, 3.8) is 0 Å². The number of carbonyl (C=O) groups is 2. The van der Waals surface area contributed by atoms with E-state index in [0.29, 0.717) is 22.0 Å². The zero-order valence-corrected chi connectivity index (χ0v) is 13.9. The van der Waals surface area contributed by atoms with Crippen LogP contribution in [0.1, 0.15) is 40.8 Å². The summed E-state index contributed by atoms with van der Waals surface area (Å²) in [6, 6.07) is 0. The Morgan fingerprint density at radius 1 is 1.29 bits per heavy atom. The highest BCUT2D eigenvalue weighted by Crippen LogP contribution is 2.35. The molecule has 1 amide bonds. The molecule has 1 rings (SSSR count). The molecule has 1 aromatic rings. The number of ketones is 1. The normalized spacial score (nSPS) is 10.7. The Morgan fingerprint density at radius 3 is 2.38 bits per heavy atom. The van der Waals surface area contributed by atoms with E-state index in [1.54, 1.807) is 7.05 Å². The molecule has 0 saturated heterocycles. The van der Waals surface area contributed by atoms with Crippen molar-refractivity contribution in [1.29, 1.82) is 0 Å². The van der Waals surface area contributed by atoms with Crippen molar-refractivity contribution in [3.05, 3.63) is 10.4 Å². The van der Waals surface area contributed by atoms with E-state index in [-0.39, 0.29) is 17.4 Å². The number of nitrogens with two attached hydrogens (primary N) is 1. The molecule has 1 aromatic heterocycles. The van der Waals surface area contributed by atoms with E-state index in [2.05, 4.69) is 29.4 Å². The number of carbonyl (C=O) groups excluding carboxylic acids is 2. The Bertz CT molecular complexity index is 509. The molecule has 0 unspecified atom stereocenters. The van der Waals surface area contributed by atoms with Crippen LogP contribution in [0.15, 0.2) is 0 Å². The van der Waals surface area contributed by atoms with Crippen molar-refractivity contribution < 1.29 is 9.59 Å². The van der Waals surface area contributed by atoms with E-state index in [9.17, 15) is 9.59 Å². The molecule has 0 aromatic carbocycles. The fourth-order valence-corrected chi connectivity index (χ4v) is 3.09. The molecule has 0 aliphatic heterocycles. The van der Waals surface area contributed by atoms with Gasteiger partial charge in [-0.25, -0.2) is 0 Å². The van der Waals surface area contributed by atoms with E-state index in [4.69, 9.17) is 5.73 Å². The van der Waals surface area contributed by atoms with Crippen LogP contribution >= 0.6 is 11.3 Å². The zero-order chi connectivity index (χ0) is 16.0. The predicted molar refractivity (Wildman–Crippen MR) is 88.4 cm³/mol. The number of hydrogen-bond acceptors (Lipinski definition) is 6. The van der Waals surface area contributed by atoms with Crippen LogP contribution in [0.5, 0.6) is 0 Å². The summed E-state index contributed by atoms with van der Waals surface area (Å²) in [5.41, 5.74) is 6.57. The number of nitrogens with one attached hydrogen (secondary N) is 2. The summed E-state index contributed by atoms with van der Waals surface area (Å²) in [4.78, 5) is 26.2. The van der Waals surface area contributed by atoms with Gasteiger partial charge in [-0.05, 0) is 13.1 Å². The summed E-state index contributed by atoms with van der Waals surface area (Å²) in [6.45, 7) is 9.19. The summed E-state index contributed by atoms with van der Waals surface area (Å²) < 4.78 is 0. The van der Waals surface area contributed by atoms with Gasteiger partial charge in [0.1, 0.15) is 5.00 Å². The third kappa shape index (κ3) is 4.18. The lowest BCUT2D eigenvalue weighted by Crippen LogP contribution is -2.29. The average molecular weight is 312 g/mol. The van der Waals surface area contributed by atoms with Gasteiger partial charge in [0.15, 0.2) is 5.78 Å². The van der Waals surface area contributed by atoms with Gasteiger partial charge in [0.05, 0.1) is 16.1 Å². The molecule has 0 aliphatic carbocycles. The summed E-state index contributed by atoms with van der Waals surface area (Å²) >= 11 is 1.24. The molecule has 0 saturated carbocycles. The minimum Gasteiger partial charge on any atom is -0.397 e. The number of hydrogen-bond donors (Lipinski definition) is 3. The van der Waals surface area contributed by atoms with Crippen molar-refractivity contribution in [2.45, 2.75) is 20.8 Å². The quantitative estimate of drug-likeness (QED) is 0.635. The van der Waals surface area contributed by atoms with Gasteiger partial charge >= 0.3 is 0 Å². The number of thiophene rings is 1. The Labute approximate surface area is 129 Å². The lowest BCUT2D eigenvalue weighted by atomic mass is 10.2. The summed E-state index contributed by atoms with van der Waals surface area (Å²) in [5.74, 6) is -0.402. The average Bonchev–Trinajstić information content (AvgIpc) is 2.80. The second-order valence-corrected chi connectivity index (χ2v) is 5.66. The predicted octanol–water partition coefficient (Wildman–Crippen LogP) is 1.65. The third-order valence-corrected chi connectivity index (χ3v) is 4.59. The van der Waals surface area contributed by atoms with Crippen LogP contribution in [0.25, 0.3) is 0 Å². The molecule has 7 heteroatoms. The second kappa shape index (κ2) is 7.99. The van der Waals surface area contributed by atoms with E-state index < -0.39 is 0 Å². The first-order chi connectivity index (χ1) is 9.96. The Kier molecular flexibility index (Phi) is 6.64. The van der Waals surface area contributed by atoms with Gasteiger partial charge in [0.2, 0.25) is 0 Å². The van der Waals surface area contributed by atoms with Crippen LogP contribution in [0.4, 0.5) is 10.7 Å². The highest BCUT2D eigenvalue weighted by Gasteiger charge is 2.23. The van der Waals surface area contributed by atoms with Crippen LogP contribution in [0.2, 0.25) is 0 Å². The number of nitrogens with zero attached hydrogens (tertiary/aromatic N) is 1. The van der Waals surface area contributed by atoms with E-state index in [1.165, 1.54) is 18.3 Å². The van der Waals surface area contributed by atoms with Gasteiger partial charge in [0.25, 0.3) is 5.91 Å². The van der Waals surface area contributed by atoms with Crippen LogP contribution in [0, 0.1) is 0 Å². The van der Waals surface area contributed by atoms with Crippen LogP contribution < -0.4 is 16.4 Å². The first-order valence-corrected chi connectivity index (χ1v) is 7.89. The van der Waals surface area contributed by atoms with Crippen molar-refractivity contribution in [2.75, 3.05) is 44.3 Å². The molecule has 0 aliphatic rings. The number of anilines is 2. The molecule has 21 heavy (non-hydrogen) atoms. The van der Waals surface area contributed by atoms with Crippen molar-refractivity contribution in [2.24, 2.45) is 0 Å². The fourth-order valence-electron chi connectivity index (χ4n) is 2.05. The molecular formula is C14H24N4O2S. The molecule has 0 fully saturated rings. The molecule has 4 N–H and O–H groups in total. The third-order valence-electron chi connectivity index (χ3n) is 3.33. The number of Topliss-reactive ketones (excluding diaryl/α,β-unsaturated/α-hetero) is 1. The largest absolute Gasteiger partial charge is 0.397 e. The lowest BCUT2D eigenvalue weighted by Gasteiger charge is -2.18. The number of likely N-dealkylation sites (N-methyl/N-ethyl adjacent to an activating group) is 1. The standard InChI is InChI=1S/C14H24N4O2S/c1-5-18(6-2)8-7-17-14-10(13(20)16-4)11(15)12(21-14)9(3)19/h17H,5-8,15H2,1-4H3,(H,16,20). The first-order valence-electron chi connectivity index (χ1n) is 7.07. The highest BCUT2D eigenvalue weighted by atomic mass is 32.1.